The summed E-state index contributed by atoms with van der Waals surface area (Å²) in [5, 5.41) is 2.90. The first-order chi connectivity index (χ1) is 13.8. The first kappa shape index (κ1) is 21.1. The fourth-order valence-electron chi connectivity index (χ4n) is 4.80. The molecule has 3 N–H and O–H groups in total. The van der Waals surface area contributed by atoms with Crippen molar-refractivity contribution in [2.24, 2.45) is 11.3 Å². The van der Waals surface area contributed by atoms with Gasteiger partial charge >= 0.3 is 11.7 Å². The molecule has 2 amide bonds. The zero-order valence-corrected chi connectivity index (χ0v) is 17.2. The minimum absolute atomic E-state index is 0.0237. The number of esters is 1. The summed E-state index contributed by atoms with van der Waals surface area (Å²) >= 11 is 0. The molecule has 1 aromatic heterocycles. The van der Waals surface area contributed by atoms with E-state index in [4.69, 9.17) is 0 Å². The number of rotatable bonds is 8. The number of imidazole rings is 1. The normalized spacial score (nSPS) is 25.4. The summed E-state index contributed by atoms with van der Waals surface area (Å²) in [4.78, 5) is 55.9. The standard InChI is InChI=1S/C20H30N4O5/c1-12(2)6-8-20(18(27)21-9-7-16(25)29-3)10-13-4-5-15(20)24(13)17(26)14-11-22-19(28)23-14/h11-13,15H,4-10H2,1-3H3,(H,21,27)(H2,22,23,28)/t13-,15+,20+/m1/s1. The average Bonchev–Trinajstić information content (AvgIpc) is 3.39. The van der Waals surface area contributed by atoms with Crippen molar-refractivity contribution in [1.82, 2.24) is 20.2 Å². The molecule has 3 rings (SSSR count). The third-order valence-electron chi connectivity index (χ3n) is 6.26. The van der Waals surface area contributed by atoms with E-state index in [0.717, 1.165) is 19.3 Å². The molecule has 0 unspecified atom stereocenters. The Morgan fingerprint density at radius 1 is 1.34 bits per heavy atom. The second kappa shape index (κ2) is 8.42. The van der Waals surface area contributed by atoms with Gasteiger partial charge in [0.05, 0.1) is 18.9 Å². The van der Waals surface area contributed by atoms with Gasteiger partial charge in [0.1, 0.15) is 5.69 Å². The Kier molecular flexibility index (Phi) is 6.14. The van der Waals surface area contributed by atoms with E-state index in [2.05, 4.69) is 33.9 Å². The Morgan fingerprint density at radius 3 is 2.72 bits per heavy atom. The molecule has 2 aliphatic heterocycles. The van der Waals surface area contributed by atoms with E-state index < -0.39 is 11.1 Å². The van der Waals surface area contributed by atoms with Gasteiger partial charge < -0.3 is 24.9 Å². The van der Waals surface area contributed by atoms with Crippen LogP contribution in [0.4, 0.5) is 0 Å². The number of H-pyrrole nitrogens is 2. The van der Waals surface area contributed by atoms with E-state index in [9.17, 15) is 19.2 Å². The molecular formula is C20H30N4O5. The van der Waals surface area contributed by atoms with E-state index in [-0.39, 0.29) is 48.5 Å². The maximum atomic E-state index is 13.3. The molecule has 0 spiro atoms. The van der Waals surface area contributed by atoms with Gasteiger partial charge in [-0.3, -0.25) is 14.4 Å². The number of aromatic amines is 2. The molecule has 0 saturated carbocycles. The van der Waals surface area contributed by atoms with Crippen LogP contribution in [0.15, 0.2) is 11.0 Å². The topological polar surface area (TPSA) is 124 Å². The highest BCUT2D eigenvalue weighted by molar-refractivity contribution is 5.95. The zero-order valence-electron chi connectivity index (χ0n) is 17.2. The quantitative estimate of drug-likeness (QED) is 0.559. The number of amides is 2. The van der Waals surface area contributed by atoms with Crippen molar-refractivity contribution >= 4 is 17.8 Å². The number of hydrogen-bond acceptors (Lipinski definition) is 5. The SMILES string of the molecule is COC(=O)CCNC(=O)[C@@]1(CCC(C)C)C[C@H]2CC[C@@H]1N2C(=O)c1c[nH]c(=O)[nH]1. The van der Waals surface area contributed by atoms with Gasteiger partial charge in [-0.15, -0.1) is 0 Å². The van der Waals surface area contributed by atoms with Crippen LogP contribution in [-0.2, 0) is 14.3 Å². The van der Waals surface area contributed by atoms with Crippen LogP contribution in [0, 0.1) is 11.3 Å². The monoisotopic (exact) mass is 406 g/mol. The minimum Gasteiger partial charge on any atom is -0.469 e. The van der Waals surface area contributed by atoms with Crippen molar-refractivity contribution < 1.29 is 19.1 Å². The second-order valence-electron chi connectivity index (χ2n) is 8.49. The number of hydrogen-bond donors (Lipinski definition) is 3. The Morgan fingerprint density at radius 2 is 2.10 bits per heavy atom. The van der Waals surface area contributed by atoms with Crippen molar-refractivity contribution in [2.45, 2.75) is 64.5 Å². The van der Waals surface area contributed by atoms with Gasteiger partial charge in [0, 0.05) is 24.8 Å². The summed E-state index contributed by atoms with van der Waals surface area (Å²) in [5.74, 6) is -0.291. The van der Waals surface area contributed by atoms with Crippen molar-refractivity contribution in [1.29, 1.82) is 0 Å². The van der Waals surface area contributed by atoms with Crippen LogP contribution in [0.25, 0.3) is 0 Å². The lowest BCUT2D eigenvalue weighted by Crippen LogP contribution is -2.50. The molecule has 2 saturated heterocycles. The molecule has 160 valence electrons. The van der Waals surface area contributed by atoms with Crippen LogP contribution in [0.3, 0.4) is 0 Å². The van der Waals surface area contributed by atoms with Gasteiger partial charge in [0.15, 0.2) is 0 Å². The fraction of sp³-hybridized carbons (Fsp3) is 0.700. The van der Waals surface area contributed by atoms with E-state index in [1.54, 1.807) is 4.90 Å². The summed E-state index contributed by atoms with van der Waals surface area (Å²) in [6.07, 6.45) is 5.27. The molecule has 0 aromatic carbocycles. The highest BCUT2D eigenvalue weighted by Gasteiger charge is 2.60. The highest BCUT2D eigenvalue weighted by atomic mass is 16.5. The predicted octanol–water partition coefficient (Wildman–Crippen LogP) is 1.18. The average molecular weight is 406 g/mol. The third-order valence-corrected chi connectivity index (χ3v) is 6.26. The summed E-state index contributed by atoms with van der Waals surface area (Å²) in [6, 6.07) is -0.236. The Bertz CT molecular complexity index is 829. The number of carbonyl (C=O) groups excluding carboxylic acids is 3. The lowest BCUT2D eigenvalue weighted by molar-refractivity contribution is -0.140. The van der Waals surface area contributed by atoms with E-state index in [1.165, 1.54) is 13.3 Å². The summed E-state index contributed by atoms with van der Waals surface area (Å²) in [6.45, 7) is 4.44. The third kappa shape index (κ3) is 4.09. The van der Waals surface area contributed by atoms with Gasteiger partial charge in [0.2, 0.25) is 5.91 Å². The Balaban J connectivity index is 1.81. The van der Waals surface area contributed by atoms with Gasteiger partial charge in [-0.05, 0) is 38.0 Å². The minimum atomic E-state index is -0.671. The molecule has 0 aliphatic carbocycles. The number of nitrogens with zero attached hydrogens (tertiary/aromatic N) is 1. The first-order valence-corrected chi connectivity index (χ1v) is 10.2. The number of nitrogens with one attached hydrogen (secondary N) is 3. The lowest BCUT2D eigenvalue weighted by atomic mass is 9.69. The van der Waals surface area contributed by atoms with E-state index in [1.807, 2.05) is 0 Å². The summed E-state index contributed by atoms with van der Waals surface area (Å²) in [7, 11) is 1.32. The number of fused-ring (bicyclic) bond motifs is 2. The van der Waals surface area contributed by atoms with Crippen LogP contribution in [0.2, 0.25) is 0 Å². The molecule has 9 heteroatoms. The molecule has 3 atom stereocenters. The molecule has 0 radical (unpaired) electrons. The van der Waals surface area contributed by atoms with E-state index >= 15 is 0 Å². The maximum absolute atomic E-state index is 13.3. The second-order valence-corrected chi connectivity index (χ2v) is 8.49. The molecule has 2 aliphatic rings. The molecule has 3 heterocycles. The van der Waals surface area contributed by atoms with Crippen LogP contribution < -0.4 is 11.0 Å². The largest absolute Gasteiger partial charge is 0.469 e. The Labute approximate surface area is 169 Å². The van der Waals surface area contributed by atoms with Crippen molar-refractivity contribution in [3.05, 3.63) is 22.4 Å². The first-order valence-electron chi connectivity index (χ1n) is 10.2. The molecular weight excluding hydrogens is 376 g/mol. The number of ether oxygens (including phenoxy) is 1. The number of methoxy groups -OCH3 is 1. The smallest absolute Gasteiger partial charge is 0.323 e. The molecule has 2 fully saturated rings. The lowest BCUT2D eigenvalue weighted by Gasteiger charge is -2.36. The van der Waals surface area contributed by atoms with E-state index in [0.29, 0.717) is 18.8 Å². The van der Waals surface area contributed by atoms with Crippen LogP contribution in [0.5, 0.6) is 0 Å². The van der Waals surface area contributed by atoms with Gasteiger partial charge in [0.25, 0.3) is 5.91 Å². The molecule has 29 heavy (non-hydrogen) atoms. The summed E-state index contributed by atoms with van der Waals surface area (Å²) < 4.78 is 4.64. The van der Waals surface area contributed by atoms with Crippen molar-refractivity contribution in [3.8, 4) is 0 Å². The Hall–Kier alpha value is -2.58. The maximum Gasteiger partial charge on any atom is 0.323 e. The molecule has 2 bridgehead atoms. The number of carbonyl (C=O) groups is 3. The van der Waals surface area contributed by atoms with Gasteiger partial charge in [-0.25, -0.2) is 4.79 Å². The zero-order chi connectivity index (χ0) is 21.2. The van der Waals surface area contributed by atoms with Gasteiger partial charge in [-0.1, -0.05) is 13.8 Å². The number of aromatic nitrogens is 2. The predicted molar refractivity (Wildman–Crippen MR) is 105 cm³/mol. The van der Waals surface area contributed by atoms with Gasteiger partial charge in [-0.2, -0.15) is 0 Å². The summed E-state index contributed by atoms with van der Waals surface area (Å²) in [5.41, 5.74) is -0.876. The van der Waals surface area contributed by atoms with Crippen molar-refractivity contribution in [3.63, 3.8) is 0 Å². The molecule has 1 aromatic rings. The fourth-order valence-corrected chi connectivity index (χ4v) is 4.80. The van der Waals surface area contributed by atoms with Crippen molar-refractivity contribution in [2.75, 3.05) is 13.7 Å². The van der Waals surface area contributed by atoms with Crippen LogP contribution in [0.1, 0.15) is 62.9 Å². The highest BCUT2D eigenvalue weighted by Crippen LogP contribution is 2.53. The molecule has 9 nitrogen and oxygen atoms in total. The van der Waals surface area contributed by atoms with Crippen LogP contribution >= 0.6 is 0 Å². The van der Waals surface area contributed by atoms with Crippen LogP contribution in [-0.4, -0.2) is 58.4 Å².